The molecule has 2 amide bonds. The van der Waals surface area contributed by atoms with Crippen molar-refractivity contribution in [3.05, 3.63) is 41.5 Å². The molecule has 28 heavy (non-hydrogen) atoms. The van der Waals surface area contributed by atoms with E-state index in [0.29, 0.717) is 18.0 Å². The van der Waals surface area contributed by atoms with Crippen molar-refractivity contribution in [2.45, 2.75) is 12.8 Å². The summed E-state index contributed by atoms with van der Waals surface area (Å²) in [5, 5.41) is 0. The second kappa shape index (κ2) is 9.85. The fourth-order valence-electron chi connectivity index (χ4n) is 3.67. The number of benzene rings is 1. The first-order chi connectivity index (χ1) is 13.5. The van der Waals surface area contributed by atoms with Gasteiger partial charge in [0.2, 0.25) is 5.91 Å². The average Bonchev–Trinajstić information content (AvgIpc) is 2.73. The van der Waals surface area contributed by atoms with Gasteiger partial charge in [0, 0.05) is 45.8 Å². The molecule has 0 atom stereocenters. The summed E-state index contributed by atoms with van der Waals surface area (Å²) >= 11 is 0. The minimum absolute atomic E-state index is 0.0161. The lowest BCUT2D eigenvalue weighted by Crippen LogP contribution is -2.46. The van der Waals surface area contributed by atoms with Crippen LogP contribution in [0.25, 0.3) is 6.08 Å². The summed E-state index contributed by atoms with van der Waals surface area (Å²) in [6.45, 7) is 5.29. The molecule has 3 rings (SSSR count). The van der Waals surface area contributed by atoms with Crippen molar-refractivity contribution < 1.29 is 14.3 Å². The first-order valence-electron chi connectivity index (χ1n) is 10.1. The molecule has 0 radical (unpaired) electrons. The summed E-state index contributed by atoms with van der Waals surface area (Å²) in [7, 11) is 3.53. The van der Waals surface area contributed by atoms with Crippen molar-refractivity contribution >= 4 is 17.9 Å². The summed E-state index contributed by atoms with van der Waals surface area (Å²) in [5.74, 6) is 0.724. The lowest BCUT2D eigenvalue weighted by atomic mass is 9.95. The molecule has 2 aliphatic heterocycles. The standard InChI is InChI=1S/C22H31N3O3/c1-23(2)22(27)20-5-3-4-19(16-20)7-6-18-8-10-25(11-9-18)21(26)17-24-12-14-28-15-13-24/h3-7,16,18H,8-15,17H2,1-2H3/b7-6+. The minimum Gasteiger partial charge on any atom is -0.379 e. The van der Waals surface area contributed by atoms with Gasteiger partial charge in [0.1, 0.15) is 0 Å². The zero-order valence-corrected chi connectivity index (χ0v) is 17.0. The Morgan fingerprint density at radius 3 is 2.54 bits per heavy atom. The Kier molecular flexibility index (Phi) is 7.23. The van der Waals surface area contributed by atoms with Gasteiger partial charge in [-0.15, -0.1) is 0 Å². The molecule has 0 aliphatic carbocycles. The third kappa shape index (κ3) is 5.66. The van der Waals surface area contributed by atoms with Gasteiger partial charge in [-0.1, -0.05) is 24.3 Å². The molecular formula is C22H31N3O3. The van der Waals surface area contributed by atoms with Crippen LogP contribution >= 0.6 is 0 Å². The smallest absolute Gasteiger partial charge is 0.253 e. The number of carbonyl (C=O) groups is 2. The van der Waals surface area contributed by atoms with E-state index in [1.54, 1.807) is 19.0 Å². The SMILES string of the molecule is CN(C)C(=O)c1cccc(/C=C/C2CCN(C(=O)CN3CCOCC3)CC2)c1. The van der Waals surface area contributed by atoms with Crippen LogP contribution in [-0.4, -0.2) is 86.5 Å². The van der Waals surface area contributed by atoms with Crippen molar-refractivity contribution in [3.63, 3.8) is 0 Å². The molecule has 0 saturated carbocycles. The number of likely N-dealkylation sites (tertiary alicyclic amines) is 1. The fraction of sp³-hybridized carbons (Fsp3) is 0.545. The first kappa shape index (κ1) is 20.6. The number of hydrogen-bond acceptors (Lipinski definition) is 4. The zero-order valence-electron chi connectivity index (χ0n) is 17.0. The molecule has 0 unspecified atom stereocenters. The average molecular weight is 386 g/mol. The van der Waals surface area contributed by atoms with E-state index in [1.165, 1.54) is 0 Å². The third-order valence-corrected chi connectivity index (χ3v) is 5.46. The van der Waals surface area contributed by atoms with Crippen LogP contribution in [0.2, 0.25) is 0 Å². The number of morpholine rings is 1. The van der Waals surface area contributed by atoms with Gasteiger partial charge in [-0.25, -0.2) is 0 Å². The Balaban J connectivity index is 1.48. The number of carbonyl (C=O) groups excluding carboxylic acids is 2. The summed E-state index contributed by atoms with van der Waals surface area (Å²) in [5.41, 5.74) is 1.74. The number of rotatable bonds is 5. The lowest BCUT2D eigenvalue weighted by Gasteiger charge is -2.33. The number of piperidine rings is 1. The quantitative estimate of drug-likeness (QED) is 0.778. The van der Waals surface area contributed by atoms with Crippen LogP contribution in [0.3, 0.4) is 0 Å². The van der Waals surface area contributed by atoms with Crippen molar-refractivity contribution in [2.24, 2.45) is 5.92 Å². The summed E-state index contributed by atoms with van der Waals surface area (Å²) < 4.78 is 5.34. The summed E-state index contributed by atoms with van der Waals surface area (Å²) in [6.07, 6.45) is 6.30. The second-order valence-corrected chi connectivity index (χ2v) is 7.79. The normalized spacial score (nSPS) is 19.1. The monoisotopic (exact) mass is 385 g/mol. The predicted molar refractivity (Wildman–Crippen MR) is 110 cm³/mol. The number of hydrogen-bond donors (Lipinski definition) is 0. The number of nitrogens with zero attached hydrogens (tertiary/aromatic N) is 3. The lowest BCUT2D eigenvalue weighted by molar-refractivity contribution is -0.134. The van der Waals surface area contributed by atoms with Gasteiger partial charge >= 0.3 is 0 Å². The van der Waals surface area contributed by atoms with Gasteiger partial charge in [0.15, 0.2) is 0 Å². The van der Waals surface area contributed by atoms with E-state index in [2.05, 4.69) is 17.1 Å². The van der Waals surface area contributed by atoms with Crippen LogP contribution < -0.4 is 0 Å². The van der Waals surface area contributed by atoms with Crippen LogP contribution in [0.15, 0.2) is 30.3 Å². The molecule has 0 aromatic heterocycles. The topological polar surface area (TPSA) is 53.1 Å². The minimum atomic E-state index is 0.0161. The summed E-state index contributed by atoms with van der Waals surface area (Å²) in [6, 6.07) is 7.71. The van der Waals surface area contributed by atoms with Crippen molar-refractivity contribution in [2.75, 3.05) is 60.0 Å². The van der Waals surface area contributed by atoms with Crippen LogP contribution in [0.1, 0.15) is 28.8 Å². The van der Waals surface area contributed by atoms with Crippen LogP contribution in [0.4, 0.5) is 0 Å². The maximum atomic E-state index is 12.5. The molecule has 6 nitrogen and oxygen atoms in total. The molecular weight excluding hydrogens is 354 g/mol. The van der Waals surface area contributed by atoms with Crippen LogP contribution in [-0.2, 0) is 9.53 Å². The van der Waals surface area contributed by atoms with Crippen molar-refractivity contribution in [1.29, 1.82) is 0 Å². The van der Waals surface area contributed by atoms with Gasteiger partial charge in [-0.05, 0) is 36.5 Å². The van der Waals surface area contributed by atoms with Gasteiger partial charge in [-0.2, -0.15) is 0 Å². The van der Waals surface area contributed by atoms with Crippen LogP contribution in [0.5, 0.6) is 0 Å². The van der Waals surface area contributed by atoms with E-state index >= 15 is 0 Å². The van der Waals surface area contributed by atoms with Gasteiger partial charge in [0.05, 0.1) is 19.8 Å². The van der Waals surface area contributed by atoms with E-state index in [0.717, 1.165) is 57.8 Å². The Morgan fingerprint density at radius 2 is 1.86 bits per heavy atom. The molecule has 0 N–H and O–H groups in total. The van der Waals surface area contributed by atoms with Gasteiger partial charge < -0.3 is 14.5 Å². The van der Waals surface area contributed by atoms with E-state index in [4.69, 9.17) is 4.74 Å². The molecule has 6 heteroatoms. The highest BCUT2D eigenvalue weighted by Gasteiger charge is 2.23. The predicted octanol–water partition coefficient (Wildman–Crippen LogP) is 1.97. The maximum absolute atomic E-state index is 12.5. The number of allylic oxidation sites excluding steroid dienone is 1. The van der Waals surface area contributed by atoms with Crippen molar-refractivity contribution in [3.8, 4) is 0 Å². The van der Waals surface area contributed by atoms with E-state index in [1.807, 2.05) is 29.2 Å². The Morgan fingerprint density at radius 1 is 1.14 bits per heavy atom. The van der Waals surface area contributed by atoms with E-state index in [-0.39, 0.29) is 11.8 Å². The van der Waals surface area contributed by atoms with Crippen molar-refractivity contribution in [1.82, 2.24) is 14.7 Å². The van der Waals surface area contributed by atoms with E-state index < -0.39 is 0 Å². The Hall–Kier alpha value is -2.18. The van der Waals surface area contributed by atoms with E-state index in [9.17, 15) is 9.59 Å². The molecule has 2 heterocycles. The fourth-order valence-corrected chi connectivity index (χ4v) is 3.67. The molecule has 1 aromatic carbocycles. The zero-order chi connectivity index (χ0) is 19.9. The highest BCUT2D eigenvalue weighted by Crippen LogP contribution is 2.20. The molecule has 2 aliphatic rings. The van der Waals surface area contributed by atoms with Gasteiger partial charge in [0.25, 0.3) is 5.91 Å². The summed E-state index contributed by atoms with van der Waals surface area (Å²) in [4.78, 5) is 30.4. The largest absolute Gasteiger partial charge is 0.379 e. The first-order valence-corrected chi connectivity index (χ1v) is 10.1. The molecule has 2 fully saturated rings. The molecule has 1 aromatic rings. The Labute approximate surface area is 167 Å². The number of ether oxygens (including phenoxy) is 1. The third-order valence-electron chi connectivity index (χ3n) is 5.46. The highest BCUT2D eigenvalue weighted by atomic mass is 16.5. The van der Waals surface area contributed by atoms with Crippen LogP contribution in [0, 0.1) is 5.92 Å². The second-order valence-electron chi connectivity index (χ2n) is 7.79. The van der Waals surface area contributed by atoms with Gasteiger partial charge in [-0.3, -0.25) is 14.5 Å². The molecule has 0 spiro atoms. The molecule has 152 valence electrons. The number of amides is 2. The Bertz CT molecular complexity index is 703. The highest BCUT2D eigenvalue weighted by molar-refractivity contribution is 5.94. The molecule has 2 saturated heterocycles. The molecule has 0 bridgehead atoms. The maximum Gasteiger partial charge on any atom is 0.253 e.